The maximum absolute atomic E-state index is 12.7. The maximum atomic E-state index is 12.7. The fourth-order valence-corrected chi connectivity index (χ4v) is 3.34. The van der Waals surface area contributed by atoms with Crippen LogP contribution in [0.4, 0.5) is 10.8 Å². The molecule has 31 heavy (non-hydrogen) atoms. The van der Waals surface area contributed by atoms with E-state index in [4.69, 9.17) is 5.21 Å². The monoisotopic (exact) mass is 448 g/mol. The number of non-ortho nitro benzene ring substituents is 1. The fourth-order valence-electron chi connectivity index (χ4n) is 2.45. The zero-order valence-electron chi connectivity index (χ0n) is 16.4. The lowest BCUT2D eigenvalue weighted by atomic mass is 9.91. The molecular formula is C18H16N4O8S. The summed E-state index contributed by atoms with van der Waals surface area (Å²) in [7, 11) is 0.945. The van der Waals surface area contributed by atoms with Crippen LogP contribution in [0.2, 0.25) is 0 Å². The Bertz CT molecular complexity index is 1150. The normalized spacial score (nSPS) is 12.0. The Labute approximate surface area is 178 Å². The highest BCUT2D eigenvalue weighted by molar-refractivity contribution is 7.22. The molecule has 162 valence electrons. The van der Waals surface area contributed by atoms with Gasteiger partial charge in [0.2, 0.25) is 5.78 Å². The van der Waals surface area contributed by atoms with Crippen molar-refractivity contribution in [2.45, 2.75) is 13.8 Å². The van der Waals surface area contributed by atoms with Crippen LogP contribution in [0, 0.1) is 16.0 Å². The summed E-state index contributed by atoms with van der Waals surface area (Å²) >= 11 is 0.862. The van der Waals surface area contributed by atoms with Gasteiger partial charge in [-0.1, -0.05) is 22.1 Å². The number of methoxy groups -OCH3 is 1. The van der Waals surface area contributed by atoms with Gasteiger partial charge in [-0.25, -0.2) is 9.78 Å². The molecule has 0 radical (unpaired) electrons. The van der Waals surface area contributed by atoms with Gasteiger partial charge in [0, 0.05) is 12.1 Å². The number of nitro groups is 1. The van der Waals surface area contributed by atoms with Crippen LogP contribution in [-0.4, -0.2) is 51.4 Å². The molecule has 0 saturated carbocycles. The molecule has 0 aliphatic rings. The number of amides is 1. The minimum absolute atomic E-state index is 0.0668. The average Bonchev–Trinajstić information content (AvgIpc) is 3.11. The van der Waals surface area contributed by atoms with Crippen molar-refractivity contribution in [3.05, 3.63) is 40.0 Å². The molecule has 13 heteroatoms. The van der Waals surface area contributed by atoms with Gasteiger partial charge in [-0.2, -0.15) is 0 Å². The largest absolute Gasteiger partial charge is 0.464 e. The van der Waals surface area contributed by atoms with E-state index in [2.05, 4.69) is 20.2 Å². The number of Topliss-reactive ketones (excluding diaryl/α,β-unsaturated/α-hetero) is 1. The third-order valence-corrected chi connectivity index (χ3v) is 4.71. The summed E-state index contributed by atoms with van der Waals surface area (Å²) in [4.78, 5) is 63.8. The topological polar surface area (TPSA) is 178 Å². The van der Waals surface area contributed by atoms with Crippen LogP contribution in [0.3, 0.4) is 0 Å². The van der Waals surface area contributed by atoms with Crippen LogP contribution in [-0.2, 0) is 23.9 Å². The summed E-state index contributed by atoms with van der Waals surface area (Å²) in [5, 5.41) is 24.8. The number of oxime groups is 1. The van der Waals surface area contributed by atoms with E-state index < -0.39 is 40.0 Å². The molecule has 1 heterocycles. The number of carbonyl (C=O) groups excluding carboxylic acids is 4. The summed E-state index contributed by atoms with van der Waals surface area (Å²) in [6.07, 6.45) is 1.01. The van der Waals surface area contributed by atoms with E-state index in [1.54, 1.807) is 13.8 Å². The zero-order valence-corrected chi connectivity index (χ0v) is 17.3. The van der Waals surface area contributed by atoms with Crippen LogP contribution in [0.25, 0.3) is 10.2 Å². The molecule has 2 rings (SSSR count). The summed E-state index contributed by atoms with van der Waals surface area (Å²) < 4.78 is 4.78. The number of aromatic nitrogens is 1. The van der Waals surface area contributed by atoms with Crippen molar-refractivity contribution >= 4 is 61.5 Å². The van der Waals surface area contributed by atoms with Gasteiger partial charge >= 0.3 is 5.97 Å². The number of nitrogens with one attached hydrogen (secondary N) is 1. The number of benzene rings is 1. The number of nitro benzene ring substituents is 1. The van der Waals surface area contributed by atoms with E-state index >= 15 is 0 Å². The first-order chi connectivity index (χ1) is 14.6. The van der Waals surface area contributed by atoms with E-state index in [9.17, 15) is 29.3 Å². The molecule has 0 saturated heterocycles. The Hall–Kier alpha value is -4.00. The van der Waals surface area contributed by atoms with Crippen molar-refractivity contribution in [1.82, 2.24) is 4.98 Å². The van der Waals surface area contributed by atoms with Crippen LogP contribution < -0.4 is 5.32 Å². The van der Waals surface area contributed by atoms with Gasteiger partial charge < -0.3 is 9.94 Å². The molecule has 0 fully saturated rings. The first-order valence-corrected chi connectivity index (χ1v) is 9.29. The van der Waals surface area contributed by atoms with Crippen molar-refractivity contribution in [3.8, 4) is 0 Å². The van der Waals surface area contributed by atoms with E-state index in [0.717, 1.165) is 24.5 Å². The summed E-state index contributed by atoms with van der Waals surface area (Å²) in [5.74, 6) is -6.96. The lowest BCUT2D eigenvalue weighted by Gasteiger charge is -2.12. The van der Waals surface area contributed by atoms with Gasteiger partial charge in [0.25, 0.3) is 11.6 Å². The minimum atomic E-state index is -2.04. The van der Waals surface area contributed by atoms with Crippen molar-refractivity contribution in [1.29, 1.82) is 0 Å². The molecule has 12 nitrogen and oxygen atoms in total. The van der Waals surface area contributed by atoms with E-state index in [0.29, 0.717) is 15.8 Å². The maximum Gasteiger partial charge on any atom is 0.357 e. The lowest BCUT2D eigenvalue weighted by Crippen LogP contribution is -2.42. The van der Waals surface area contributed by atoms with Crippen molar-refractivity contribution in [2.24, 2.45) is 11.1 Å². The Balaban J connectivity index is 2.36. The number of esters is 1. The summed E-state index contributed by atoms with van der Waals surface area (Å²) in [6.45, 7) is 3.10. The number of rotatable bonds is 8. The number of hydrogen-bond donors (Lipinski definition) is 2. The highest BCUT2D eigenvalue weighted by Gasteiger charge is 2.39. The Morgan fingerprint density at radius 3 is 2.55 bits per heavy atom. The van der Waals surface area contributed by atoms with Gasteiger partial charge in [-0.3, -0.25) is 29.8 Å². The number of ketones is 2. The summed E-state index contributed by atoms with van der Waals surface area (Å²) in [6, 6.07) is 3.85. The first-order valence-electron chi connectivity index (χ1n) is 8.48. The zero-order chi connectivity index (χ0) is 23.3. The summed E-state index contributed by atoms with van der Waals surface area (Å²) in [5.41, 5.74) is -0.328. The Morgan fingerprint density at radius 1 is 1.32 bits per heavy atom. The number of anilines is 1. The second kappa shape index (κ2) is 9.67. The molecule has 1 unspecified atom stereocenters. The molecule has 0 spiro atoms. The van der Waals surface area contributed by atoms with E-state index in [1.807, 2.05) is 0 Å². The van der Waals surface area contributed by atoms with Crippen LogP contribution in [0.15, 0.2) is 35.0 Å². The standard InChI is InChI=1S/C18H16N4O8S/c1-8(2)6-11(23)13(14(21-27)17(26)30-3)15(24)16(25)20-18-19-10-5-4-9(22(28)29)7-12(10)31-18/h4-7,13,27H,1-3H3,(H,19,20,25)/b21-14+. The number of fused-ring (bicyclic) bond motifs is 1. The molecule has 0 aliphatic heterocycles. The molecule has 1 amide bonds. The van der Waals surface area contributed by atoms with Crippen molar-refractivity contribution in [3.63, 3.8) is 0 Å². The molecule has 1 aromatic carbocycles. The number of allylic oxidation sites excluding steroid dienone is 2. The second-order valence-electron chi connectivity index (χ2n) is 6.28. The highest BCUT2D eigenvalue weighted by atomic mass is 32.1. The SMILES string of the molecule is COC(=O)/C(=N/O)C(C(=O)C=C(C)C)C(=O)C(=O)Nc1nc2ccc([N+](=O)[O-])cc2s1. The Kier molecular flexibility index (Phi) is 7.26. The number of ether oxygens (including phenoxy) is 1. The molecular weight excluding hydrogens is 432 g/mol. The first kappa shape index (κ1) is 23.3. The fraction of sp³-hybridized carbons (Fsp3) is 0.222. The molecule has 1 aromatic heterocycles. The third-order valence-electron chi connectivity index (χ3n) is 3.78. The number of thiazole rings is 1. The van der Waals surface area contributed by atoms with E-state index in [-0.39, 0.29) is 10.8 Å². The van der Waals surface area contributed by atoms with Crippen LogP contribution >= 0.6 is 11.3 Å². The molecule has 0 bridgehead atoms. The van der Waals surface area contributed by atoms with Gasteiger partial charge in [-0.15, -0.1) is 0 Å². The smallest absolute Gasteiger partial charge is 0.357 e. The average molecular weight is 448 g/mol. The van der Waals surface area contributed by atoms with Crippen molar-refractivity contribution in [2.75, 3.05) is 12.4 Å². The number of carbonyl (C=O) groups is 4. The minimum Gasteiger partial charge on any atom is -0.464 e. The van der Waals surface area contributed by atoms with Gasteiger partial charge in [0.05, 0.1) is 22.2 Å². The predicted molar refractivity (Wildman–Crippen MR) is 109 cm³/mol. The van der Waals surface area contributed by atoms with E-state index in [1.165, 1.54) is 18.2 Å². The van der Waals surface area contributed by atoms with Gasteiger partial charge in [0.1, 0.15) is 5.92 Å². The lowest BCUT2D eigenvalue weighted by molar-refractivity contribution is -0.384. The molecule has 2 aromatic rings. The van der Waals surface area contributed by atoms with Gasteiger partial charge in [0.15, 0.2) is 16.6 Å². The second-order valence-corrected chi connectivity index (χ2v) is 7.31. The highest BCUT2D eigenvalue weighted by Crippen LogP contribution is 2.29. The molecule has 1 atom stereocenters. The number of hydrogen-bond acceptors (Lipinski definition) is 11. The molecule has 0 aliphatic carbocycles. The van der Waals surface area contributed by atoms with Crippen LogP contribution in [0.1, 0.15) is 13.8 Å². The van der Waals surface area contributed by atoms with Crippen molar-refractivity contribution < 1.29 is 34.0 Å². The van der Waals surface area contributed by atoms with Gasteiger partial charge in [-0.05, 0) is 26.0 Å². The predicted octanol–water partition coefficient (Wildman–Crippen LogP) is 1.87. The number of nitrogens with zero attached hydrogens (tertiary/aromatic N) is 3. The third kappa shape index (κ3) is 5.33. The quantitative estimate of drug-likeness (QED) is 0.0891. The molecule has 2 N–H and O–H groups in total. The van der Waals surface area contributed by atoms with Crippen LogP contribution in [0.5, 0.6) is 0 Å². The Morgan fingerprint density at radius 2 is 2.00 bits per heavy atom.